The van der Waals surface area contributed by atoms with E-state index in [1.807, 2.05) is 42.5 Å². The zero-order valence-electron chi connectivity index (χ0n) is 15.4. The molecule has 2 N–H and O–H groups in total. The van der Waals surface area contributed by atoms with Gasteiger partial charge in [-0.3, -0.25) is 14.4 Å². The lowest BCUT2D eigenvalue weighted by Gasteiger charge is -2.08. The molecule has 0 spiro atoms. The van der Waals surface area contributed by atoms with Crippen molar-refractivity contribution in [3.63, 3.8) is 0 Å². The number of hydrogen-bond acceptors (Lipinski definition) is 4. The molecule has 2 aromatic carbocycles. The Balaban J connectivity index is 1.70. The van der Waals surface area contributed by atoms with Crippen LogP contribution in [0.2, 0.25) is 0 Å². The second-order valence-corrected chi connectivity index (χ2v) is 6.01. The Bertz CT molecular complexity index is 758. The highest BCUT2D eigenvalue weighted by Gasteiger charge is 2.08. The number of amides is 2. The number of nitrogens with one attached hydrogen (secondary N) is 2. The summed E-state index contributed by atoms with van der Waals surface area (Å²) in [6.45, 7) is 0.369. The third kappa shape index (κ3) is 6.93. The van der Waals surface area contributed by atoms with Crippen molar-refractivity contribution in [1.29, 1.82) is 0 Å². The predicted octanol–water partition coefficient (Wildman–Crippen LogP) is 2.54. The lowest BCUT2D eigenvalue weighted by Crippen LogP contribution is -2.37. The Labute approximate surface area is 158 Å². The minimum absolute atomic E-state index is 0.0870. The summed E-state index contributed by atoms with van der Waals surface area (Å²) in [5, 5.41) is 5.31. The topological polar surface area (TPSA) is 84.5 Å². The normalized spacial score (nSPS) is 10.1. The van der Waals surface area contributed by atoms with Crippen LogP contribution >= 0.6 is 0 Å². The number of rotatable bonds is 9. The van der Waals surface area contributed by atoms with Gasteiger partial charge in [-0.1, -0.05) is 42.5 Å². The number of unbranched alkanes of at least 4 members (excludes halogenated alkanes) is 1. The molecular weight excluding hydrogens is 344 g/mol. The Kier molecular flexibility index (Phi) is 8.03. The van der Waals surface area contributed by atoms with Crippen molar-refractivity contribution in [3.8, 4) is 11.1 Å². The van der Waals surface area contributed by atoms with E-state index in [9.17, 15) is 14.4 Å². The van der Waals surface area contributed by atoms with Crippen molar-refractivity contribution in [2.24, 2.45) is 0 Å². The Morgan fingerprint density at radius 1 is 0.852 bits per heavy atom. The van der Waals surface area contributed by atoms with E-state index in [2.05, 4.69) is 15.4 Å². The summed E-state index contributed by atoms with van der Waals surface area (Å²) >= 11 is 0. The summed E-state index contributed by atoms with van der Waals surface area (Å²) in [5.74, 6) is -0.815. The molecule has 6 heteroatoms. The molecule has 0 bridgehead atoms. The summed E-state index contributed by atoms with van der Waals surface area (Å²) in [4.78, 5) is 34.9. The maximum Gasteiger partial charge on any atom is 0.305 e. The molecule has 2 amide bonds. The van der Waals surface area contributed by atoms with Crippen LogP contribution in [0.15, 0.2) is 54.6 Å². The summed E-state index contributed by atoms with van der Waals surface area (Å²) in [6, 6.07) is 17.1. The molecule has 6 nitrogen and oxygen atoms in total. The third-order valence-electron chi connectivity index (χ3n) is 4.02. The fourth-order valence-electron chi connectivity index (χ4n) is 2.49. The van der Waals surface area contributed by atoms with Crippen molar-refractivity contribution in [3.05, 3.63) is 60.2 Å². The van der Waals surface area contributed by atoms with Crippen molar-refractivity contribution in [2.75, 3.05) is 20.2 Å². The molecule has 0 aliphatic heterocycles. The molecular formula is C21H24N2O4. The van der Waals surface area contributed by atoms with E-state index in [4.69, 9.17) is 0 Å². The van der Waals surface area contributed by atoms with Crippen LogP contribution in [0.5, 0.6) is 0 Å². The molecule has 0 atom stereocenters. The summed E-state index contributed by atoms with van der Waals surface area (Å²) in [5.41, 5.74) is 2.61. The SMILES string of the molecule is COC(=O)CCCCNC(=O)CNC(=O)c1ccc(-c2ccccc2)cc1. The van der Waals surface area contributed by atoms with Gasteiger partial charge in [-0.05, 0) is 36.1 Å². The monoisotopic (exact) mass is 368 g/mol. The third-order valence-corrected chi connectivity index (χ3v) is 4.02. The summed E-state index contributed by atoms with van der Waals surface area (Å²) in [7, 11) is 1.35. The number of carbonyl (C=O) groups is 3. The Hall–Kier alpha value is -3.15. The predicted molar refractivity (Wildman–Crippen MR) is 103 cm³/mol. The van der Waals surface area contributed by atoms with Gasteiger partial charge in [0.25, 0.3) is 5.91 Å². The van der Waals surface area contributed by atoms with E-state index in [1.165, 1.54) is 7.11 Å². The second kappa shape index (κ2) is 10.8. The zero-order valence-corrected chi connectivity index (χ0v) is 15.4. The molecule has 142 valence electrons. The molecule has 0 unspecified atom stereocenters. The van der Waals surface area contributed by atoms with Crippen LogP contribution in [0.25, 0.3) is 11.1 Å². The van der Waals surface area contributed by atoms with Gasteiger partial charge in [0.1, 0.15) is 0 Å². The number of carbonyl (C=O) groups excluding carboxylic acids is 3. The molecule has 27 heavy (non-hydrogen) atoms. The van der Waals surface area contributed by atoms with Crippen molar-refractivity contribution in [1.82, 2.24) is 10.6 Å². The fraction of sp³-hybridized carbons (Fsp3) is 0.286. The number of hydrogen-bond donors (Lipinski definition) is 2. The fourth-order valence-corrected chi connectivity index (χ4v) is 2.49. The minimum Gasteiger partial charge on any atom is -0.469 e. The molecule has 0 heterocycles. The highest BCUT2D eigenvalue weighted by atomic mass is 16.5. The molecule has 0 radical (unpaired) electrons. The van der Waals surface area contributed by atoms with Gasteiger partial charge in [-0.25, -0.2) is 0 Å². The molecule has 0 saturated heterocycles. The van der Waals surface area contributed by atoms with Gasteiger partial charge in [0.15, 0.2) is 0 Å². The van der Waals surface area contributed by atoms with Crippen molar-refractivity contribution >= 4 is 17.8 Å². The zero-order chi connectivity index (χ0) is 19.5. The molecule has 0 fully saturated rings. The number of esters is 1. The maximum absolute atomic E-state index is 12.1. The Morgan fingerprint density at radius 2 is 1.52 bits per heavy atom. The van der Waals surface area contributed by atoms with Gasteiger partial charge < -0.3 is 15.4 Å². The second-order valence-electron chi connectivity index (χ2n) is 6.01. The summed E-state index contributed by atoms with van der Waals surface area (Å²) < 4.78 is 4.54. The van der Waals surface area contributed by atoms with E-state index in [1.54, 1.807) is 12.1 Å². The summed E-state index contributed by atoms with van der Waals surface area (Å²) in [6.07, 6.45) is 1.66. The van der Waals surface area contributed by atoms with E-state index < -0.39 is 0 Å². The highest BCUT2D eigenvalue weighted by molar-refractivity contribution is 5.96. The standard InChI is InChI=1S/C21H24N2O4/c1-27-20(25)9-5-6-14-22-19(24)15-23-21(26)18-12-10-17(11-13-18)16-7-3-2-4-8-16/h2-4,7-8,10-13H,5-6,9,14-15H2,1H3,(H,22,24)(H,23,26). The van der Waals surface area contributed by atoms with Gasteiger partial charge in [0.05, 0.1) is 13.7 Å². The first-order valence-corrected chi connectivity index (χ1v) is 8.87. The molecule has 0 aliphatic carbocycles. The first-order chi connectivity index (χ1) is 13.1. The smallest absolute Gasteiger partial charge is 0.305 e. The first-order valence-electron chi connectivity index (χ1n) is 8.87. The quantitative estimate of drug-likeness (QED) is 0.526. The number of benzene rings is 2. The van der Waals surface area contributed by atoms with Gasteiger partial charge >= 0.3 is 5.97 Å². The molecule has 0 aromatic heterocycles. The van der Waals surface area contributed by atoms with Crippen LogP contribution in [-0.4, -0.2) is 38.0 Å². The maximum atomic E-state index is 12.1. The first kappa shape index (κ1) is 20.2. The average Bonchev–Trinajstić information content (AvgIpc) is 2.72. The van der Waals surface area contributed by atoms with Crippen LogP contribution in [-0.2, 0) is 14.3 Å². The number of ether oxygens (including phenoxy) is 1. The Morgan fingerprint density at radius 3 is 2.19 bits per heavy atom. The van der Waals surface area contributed by atoms with E-state index in [0.717, 1.165) is 11.1 Å². The molecule has 2 aromatic rings. The lowest BCUT2D eigenvalue weighted by molar-refractivity contribution is -0.140. The van der Waals surface area contributed by atoms with Crippen LogP contribution in [0, 0.1) is 0 Å². The highest BCUT2D eigenvalue weighted by Crippen LogP contribution is 2.19. The molecule has 0 saturated carbocycles. The van der Waals surface area contributed by atoms with Gasteiger partial charge in [-0.15, -0.1) is 0 Å². The van der Waals surface area contributed by atoms with Gasteiger partial charge in [-0.2, -0.15) is 0 Å². The van der Waals surface area contributed by atoms with E-state index >= 15 is 0 Å². The van der Waals surface area contributed by atoms with Gasteiger partial charge in [0, 0.05) is 18.5 Å². The minimum atomic E-state index is -0.296. The van der Waals surface area contributed by atoms with Crippen LogP contribution in [0.4, 0.5) is 0 Å². The average molecular weight is 368 g/mol. The van der Waals surface area contributed by atoms with Crippen LogP contribution in [0.3, 0.4) is 0 Å². The van der Waals surface area contributed by atoms with Crippen molar-refractivity contribution < 1.29 is 19.1 Å². The van der Waals surface area contributed by atoms with E-state index in [0.29, 0.717) is 31.4 Å². The lowest BCUT2D eigenvalue weighted by atomic mass is 10.0. The largest absolute Gasteiger partial charge is 0.469 e. The molecule has 0 aliphatic rings. The van der Waals surface area contributed by atoms with Crippen molar-refractivity contribution in [2.45, 2.75) is 19.3 Å². The number of methoxy groups -OCH3 is 1. The molecule has 2 rings (SSSR count). The van der Waals surface area contributed by atoms with Gasteiger partial charge in [0.2, 0.25) is 5.91 Å². The van der Waals surface area contributed by atoms with E-state index in [-0.39, 0.29) is 24.3 Å². The van der Waals surface area contributed by atoms with Crippen LogP contribution in [0.1, 0.15) is 29.6 Å². The van der Waals surface area contributed by atoms with Crippen LogP contribution < -0.4 is 10.6 Å².